The zero-order chi connectivity index (χ0) is 32.1. The van der Waals surface area contributed by atoms with Crippen LogP contribution in [0.1, 0.15) is 22.3 Å². The summed E-state index contributed by atoms with van der Waals surface area (Å²) in [6.07, 6.45) is -3.15. The van der Waals surface area contributed by atoms with Crippen LogP contribution in [0.5, 0.6) is 11.5 Å². The summed E-state index contributed by atoms with van der Waals surface area (Å²) in [7, 11) is 0. The van der Waals surface area contributed by atoms with E-state index in [2.05, 4.69) is 0 Å². The fraction of sp³-hybridized carbons (Fsp3) is 0.250. The minimum Gasteiger partial charge on any atom is -0.508 e. The molecule has 1 aliphatic rings. The summed E-state index contributed by atoms with van der Waals surface area (Å²) in [6.45, 7) is 1.51. The van der Waals surface area contributed by atoms with Gasteiger partial charge in [-0.2, -0.15) is 0 Å². The third-order valence-electron chi connectivity index (χ3n) is 7.96. The largest absolute Gasteiger partial charge is 0.508 e. The second-order valence-corrected chi connectivity index (χ2v) is 11.4. The van der Waals surface area contributed by atoms with Crippen molar-refractivity contribution in [3.05, 3.63) is 168 Å². The fourth-order valence-corrected chi connectivity index (χ4v) is 5.49. The van der Waals surface area contributed by atoms with E-state index in [1.165, 1.54) is 0 Å². The lowest BCUT2D eigenvalue weighted by molar-refractivity contribution is -0.328. The van der Waals surface area contributed by atoms with Gasteiger partial charge in [-0.3, -0.25) is 0 Å². The van der Waals surface area contributed by atoms with E-state index in [1.807, 2.05) is 121 Å². The maximum atomic E-state index is 9.78. The van der Waals surface area contributed by atoms with Crippen LogP contribution in [-0.2, 0) is 50.1 Å². The van der Waals surface area contributed by atoms with Gasteiger partial charge in [0.05, 0.1) is 26.4 Å². The zero-order valence-electron chi connectivity index (χ0n) is 26.2. The number of phenolic OH excluding ortho intramolecular Hbond substituents is 1. The Morgan fingerprint density at radius 3 is 1.32 bits per heavy atom. The first-order valence-corrected chi connectivity index (χ1v) is 15.9. The standard InChI is InChI=1S/C40H40O7/c41-34-21-23-35(24-22-34)42-29-36-37(43-25-30-13-5-1-6-14-30)38(44-26-31-15-7-2-8-16-31)39(45-27-32-17-9-3-10-18-32)40(47-36)46-28-33-19-11-4-12-20-33/h1-24,36-41H,25-29H2/t36-,37+,38+,39-,40-/m1/s1. The average molecular weight is 633 g/mol. The van der Waals surface area contributed by atoms with Gasteiger partial charge in [0.2, 0.25) is 0 Å². The van der Waals surface area contributed by atoms with Gasteiger partial charge in [-0.05, 0) is 46.5 Å². The van der Waals surface area contributed by atoms with Crippen molar-refractivity contribution in [1.82, 2.24) is 0 Å². The maximum absolute atomic E-state index is 9.78. The molecule has 5 aromatic carbocycles. The second-order valence-electron chi connectivity index (χ2n) is 11.4. The van der Waals surface area contributed by atoms with Gasteiger partial charge in [0.25, 0.3) is 0 Å². The molecule has 0 unspecified atom stereocenters. The van der Waals surface area contributed by atoms with Crippen LogP contribution in [0, 0.1) is 0 Å². The Labute approximate surface area is 276 Å². The van der Waals surface area contributed by atoms with Gasteiger partial charge in [0.1, 0.15) is 42.5 Å². The Bertz CT molecular complexity index is 1580. The number of ether oxygens (including phenoxy) is 6. The van der Waals surface area contributed by atoms with Crippen molar-refractivity contribution in [1.29, 1.82) is 0 Å². The minimum absolute atomic E-state index is 0.159. The summed E-state index contributed by atoms with van der Waals surface area (Å²) in [6, 6.07) is 46.7. The van der Waals surface area contributed by atoms with Crippen molar-refractivity contribution >= 4 is 0 Å². The Morgan fingerprint density at radius 1 is 0.447 bits per heavy atom. The monoisotopic (exact) mass is 632 g/mol. The molecule has 7 nitrogen and oxygen atoms in total. The topological polar surface area (TPSA) is 75.6 Å². The van der Waals surface area contributed by atoms with Gasteiger partial charge in [0.15, 0.2) is 6.29 Å². The average Bonchev–Trinajstić information content (AvgIpc) is 3.13. The van der Waals surface area contributed by atoms with E-state index in [9.17, 15) is 5.11 Å². The summed E-state index contributed by atoms with van der Waals surface area (Å²) in [4.78, 5) is 0. The number of aromatic hydroxyl groups is 1. The van der Waals surface area contributed by atoms with Crippen LogP contribution in [0.25, 0.3) is 0 Å². The predicted octanol–water partition coefficient (Wildman–Crippen LogP) is 7.47. The molecule has 1 saturated heterocycles. The molecule has 7 heteroatoms. The lowest BCUT2D eigenvalue weighted by Crippen LogP contribution is -2.62. The van der Waals surface area contributed by atoms with E-state index < -0.39 is 30.7 Å². The number of benzene rings is 5. The maximum Gasteiger partial charge on any atom is 0.187 e. The normalized spacial score (nSPS) is 20.9. The molecule has 1 aliphatic heterocycles. The lowest BCUT2D eigenvalue weighted by atomic mass is 9.97. The zero-order valence-corrected chi connectivity index (χ0v) is 26.2. The van der Waals surface area contributed by atoms with Crippen LogP contribution in [0.3, 0.4) is 0 Å². The van der Waals surface area contributed by atoms with Gasteiger partial charge in [0, 0.05) is 0 Å². The predicted molar refractivity (Wildman–Crippen MR) is 179 cm³/mol. The first-order chi connectivity index (χ1) is 23.2. The molecule has 242 valence electrons. The molecule has 0 aromatic heterocycles. The fourth-order valence-electron chi connectivity index (χ4n) is 5.49. The van der Waals surface area contributed by atoms with Crippen LogP contribution < -0.4 is 4.74 Å². The molecule has 1 N–H and O–H groups in total. The van der Waals surface area contributed by atoms with Crippen molar-refractivity contribution in [2.45, 2.75) is 57.1 Å². The first-order valence-electron chi connectivity index (χ1n) is 15.9. The van der Waals surface area contributed by atoms with Crippen LogP contribution in [0.2, 0.25) is 0 Å². The van der Waals surface area contributed by atoms with E-state index in [0.717, 1.165) is 22.3 Å². The lowest BCUT2D eigenvalue weighted by Gasteiger charge is -2.45. The Balaban J connectivity index is 1.31. The van der Waals surface area contributed by atoms with E-state index in [0.29, 0.717) is 32.2 Å². The number of hydrogen-bond donors (Lipinski definition) is 1. The van der Waals surface area contributed by atoms with E-state index in [-0.39, 0.29) is 12.4 Å². The minimum atomic E-state index is -0.787. The summed E-state index contributed by atoms with van der Waals surface area (Å²) in [5.41, 5.74) is 4.09. The van der Waals surface area contributed by atoms with Crippen molar-refractivity contribution in [3.8, 4) is 11.5 Å². The Hall–Kier alpha value is -4.50. The van der Waals surface area contributed by atoms with Gasteiger partial charge in [-0.25, -0.2) is 0 Å². The van der Waals surface area contributed by atoms with Crippen molar-refractivity contribution in [3.63, 3.8) is 0 Å². The van der Waals surface area contributed by atoms with Gasteiger partial charge in [-0.1, -0.05) is 121 Å². The molecule has 47 heavy (non-hydrogen) atoms. The highest BCUT2D eigenvalue weighted by Crippen LogP contribution is 2.32. The molecule has 0 spiro atoms. The van der Waals surface area contributed by atoms with Gasteiger partial charge in [-0.15, -0.1) is 0 Å². The highest BCUT2D eigenvalue weighted by atomic mass is 16.7. The summed E-state index contributed by atoms with van der Waals surface area (Å²) in [5.74, 6) is 0.761. The van der Waals surface area contributed by atoms with Crippen LogP contribution in [0.4, 0.5) is 0 Å². The number of phenols is 1. The molecular weight excluding hydrogens is 592 g/mol. The van der Waals surface area contributed by atoms with E-state index in [4.69, 9.17) is 28.4 Å². The molecular formula is C40H40O7. The quantitative estimate of drug-likeness (QED) is 0.128. The third-order valence-corrected chi connectivity index (χ3v) is 7.96. The third kappa shape index (κ3) is 9.51. The summed E-state index contributed by atoms with van der Waals surface area (Å²) < 4.78 is 39.5. The van der Waals surface area contributed by atoms with Gasteiger partial charge >= 0.3 is 0 Å². The molecule has 0 bridgehead atoms. The van der Waals surface area contributed by atoms with Crippen LogP contribution in [-0.4, -0.2) is 42.4 Å². The molecule has 5 aromatic rings. The first kappa shape index (κ1) is 32.4. The summed E-state index contributed by atoms with van der Waals surface area (Å²) in [5, 5.41) is 9.78. The molecule has 5 atom stereocenters. The number of rotatable bonds is 15. The molecule has 0 radical (unpaired) electrons. The molecule has 6 rings (SSSR count). The SMILES string of the molecule is Oc1ccc(OC[C@H]2O[C@@H](OCc3ccccc3)[C@H](OCc3ccccc3)[C@@H](OCc3ccccc3)[C@H]2OCc2ccccc2)cc1. The van der Waals surface area contributed by atoms with Crippen molar-refractivity contribution in [2.75, 3.05) is 6.61 Å². The molecule has 1 heterocycles. The number of hydrogen-bond acceptors (Lipinski definition) is 7. The van der Waals surface area contributed by atoms with Crippen molar-refractivity contribution < 1.29 is 33.5 Å². The van der Waals surface area contributed by atoms with Crippen LogP contribution in [0.15, 0.2) is 146 Å². The van der Waals surface area contributed by atoms with Gasteiger partial charge < -0.3 is 33.5 Å². The smallest absolute Gasteiger partial charge is 0.187 e. The Kier molecular flexibility index (Phi) is 11.7. The molecule has 0 saturated carbocycles. The summed E-state index contributed by atoms with van der Waals surface area (Å²) >= 11 is 0. The highest BCUT2D eigenvalue weighted by Gasteiger charge is 2.49. The molecule has 0 aliphatic carbocycles. The van der Waals surface area contributed by atoms with Crippen LogP contribution >= 0.6 is 0 Å². The molecule has 0 amide bonds. The van der Waals surface area contributed by atoms with E-state index >= 15 is 0 Å². The highest BCUT2D eigenvalue weighted by molar-refractivity contribution is 5.30. The molecule has 1 fully saturated rings. The Morgan fingerprint density at radius 2 is 0.851 bits per heavy atom. The van der Waals surface area contributed by atoms with E-state index in [1.54, 1.807) is 24.3 Å². The second kappa shape index (κ2) is 16.9. The van der Waals surface area contributed by atoms with Crippen molar-refractivity contribution in [2.24, 2.45) is 0 Å².